The number of aromatic nitrogens is 4. The number of hydrogen-bond donors (Lipinski definition) is 0. The standard InChI is InChI=1S/C14H15N5O2/c1-10-15-7-3-12(18-10)21-11-4-8-19(9-11)14(20)13-16-5-2-6-17-13/h2-3,5-7,11H,4,8-9H2,1H3/t11-/m0/s1. The Morgan fingerprint density at radius 2 is 2.10 bits per heavy atom. The minimum absolute atomic E-state index is 0.0630. The Balaban J connectivity index is 1.62. The molecule has 1 atom stereocenters. The number of carbonyl (C=O) groups is 1. The Morgan fingerprint density at radius 1 is 1.29 bits per heavy atom. The van der Waals surface area contributed by atoms with Gasteiger partial charge in [0.25, 0.3) is 5.91 Å². The average Bonchev–Trinajstić information content (AvgIpc) is 2.96. The van der Waals surface area contributed by atoms with Gasteiger partial charge in [-0.05, 0) is 13.0 Å². The lowest BCUT2D eigenvalue weighted by atomic mass is 10.3. The minimum atomic E-state index is -0.166. The molecule has 108 valence electrons. The van der Waals surface area contributed by atoms with Gasteiger partial charge >= 0.3 is 0 Å². The molecular formula is C14H15N5O2. The molecule has 0 spiro atoms. The lowest BCUT2D eigenvalue weighted by Gasteiger charge is -2.16. The molecule has 7 heteroatoms. The molecule has 1 amide bonds. The lowest BCUT2D eigenvalue weighted by Crippen LogP contribution is -2.32. The van der Waals surface area contributed by atoms with Crippen LogP contribution in [0.4, 0.5) is 0 Å². The summed E-state index contributed by atoms with van der Waals surface area (Å²) in [6, 6.07) is 3.40. The van der Waals surface area contributed by atoms with Crippen LogP contribution in [0.3, 0.4) is 0 Å². The number of carbonyl (C=O) groups excluding carboxylic acids is 1. The van der Waals surface area contributed by atoms with Crippen molar-refractivity contribution < 1.29 is 9.53 Å². The molecule has 0 saturated carbocycles. The average molecular weight is 285 g/mol. The van der Waals surface area contributed by atoms with Crippen LogP contribution in [-0.4, -0.2) is 49.9 Å². The molecule has 0 aromatic carbocycles. The van der Waals surface area contributed by atoms with Gasteiger partial charge in [0.15, 0.2) is 0 Å². The van der Waals surface area contributed by atoms with Crippen LogP contribution in [0.2, 0.25) is 0 Å². The number of aryl methyl sites for hydroxylation is 1. The van der Waals surface area contributed by atoms with Gasteiger partial charge in [-0.2, -0.15) is 4.98 Å². The van der Waals surface area contributed by atoms with Crippen LogP contribution in [0.1, 0.15) is 22.9 Å². The second-order valence-corrected chi connectivity index (χ2v) is 4.79. The highest BCUT2D eigenvalue weighted by atomic mass is 16.5. The first kappa shape index (κ1) is 13.4. The number of likely N-dealkylation sites (tertiary alicyclic amines) is 1. The van der Waals surface area contributed by atoms with Crippen LogP contribution in [-0.2, 0) is 0 Å². The van der Waals surface area contributed by atoms with E-state index in [9.17, 15) is 4.79 Å². The molecule has 1 fully saturated rings. The fourth-order valence-corrected chi connectivity index (χ4v) is 2.23. The summed E-state index contributed by atoms with van der Waals surface area (Å²) in [5.74, 6) is 1.26. The summed E-state index contributed by atoms with van der Waals surface area (Å²) < 4.78 is 5.79. The lowest BCUT2D eigenvalue weighted by molar-refractivity contribution is 0.0759. The van der Waals surface area contributed by atoms with Crippen LogP contribution < -0.4 is 4.74 Å². The third-order valence-electron chi connectivity index (χ3n) is 3.23. The van der Waals surface area contributed by atoms with Gasteiger partial charge in [0.1, 0.15) is 11.9 Å². The van der Waals surface area contributed by atoms with Crippen LogP contribution in [0.25, 0.3) is 0 Å². The van der Waals surface area contributed by atoms with Crippen molar-refractivity contribution >= 4 is 5.91 Å². The summed E-state index contributed by atoms with van der Waals surface area (Å²) in [4.78, 5) is 30.1. The summed E-state index contributed by atoms with van der Waals surface area (Å²) >= 11 is 0. The van der Waals surface area contributed by atoms with Gasteiger partial charge in [-0.3, -0.25) is 4.79 Å². The first-order chi connectivity index (χ1) is 10.2. The topological polar surface area (TPSA) is 81.1 Å². The largest absolute Gasteiger partial charge is 0.472 e. The van der Waals surface area contributed by atoms with Crippen molar-refractivity contribution in [3.63, 3.8) is 0 Å². The van der Waals surface area contributed by atoms with Crippen molar-refractivity contribution in [2.24, 2.45) is 0 Å². The highest BCUT2D eigenvalue weighted by Gasteiger charge is 2.29. The van der Waals surface area contributed by atoms with Crippen LogP contribution in [0.5, 0.6) is 5.88 Å². The normalized spacial score (nSPS) is 17.8. The summed E-state index contributed by atoms with van der Waals surface area (Å²) in [6.45, 7) is 2.95. The number of ether oxygens (including phenoxy) is 1. The Labute approximate surface area is 122 Å². The molecule has 0 unspecified atom stereocenters. The molecular weight excluding hydrogens is 270 g/mol. The molecule has 3 rings (SSSR count). The van der Waals surface area contributed by atoms with Crippen molar-refractivity contribution in [2.75, 3.05) is 13.1 Å². The molecule has 1 aliphatic heterocycles. The predicted octanol–water partition coefficient (Wildman–Crippen LogP) is 0.869. The van der Waals surface area contributed by atoms with Gasteiger partial charge in [-0.15, -0.1) is 0 Å². The van der Waals surface area contributed by atoms with E-state index in [0.29, 0.717) is 24.8 Å². The van der Waals surface area contributed by atoms with Gasteiger partial charge in [0.05, 0.1) is 6.54 Å². The maximum atomic E-state index is 12.2. The van der Waals surface area contributed by atoms with E-state index >= 15 is 0 Å². The van der Waals surface area contributed by atoms with E-state index < -0.39 is 0 Å². The van der Waals surface area contributed by atoms with E-state index in [-0.39, 0.29) is 17.8 Å². The number of nitrogens with zero attached hydrogens (tertiary/aromatic N) is 5. The fourth-order valence-electron chi connectivity index (χ4n) is 2.23. The molecule has 0 radical (unpaired) electrons. The Kier molecular flexibility index (Phi) is 3.72. The number of hydrogen-bond acceptors (Lipinski definition) is 6. The third kappa shape index (κ3) is 3.13. The van der Waals surface area contributed by atoms with Crippen molar-refractivity contribution in [3.05, 3.63) is 42.4 Å². The maximum absolute atomic E-state index is 12.2. The highest BCUT2D eigenvalue weighted by Crippen LogP contribution is 2.17. The molecule has 2 aromatic heterocycles. The maximum Gasteiger partial charge on any atom is 0.291 e. The van der Waals surface area contributed by atoms with Gasteiger partial charge in [-0.25, -0.2) is 15.0 Å². The van der Waals surface area contributed by atoms with E-state index in [1.54, 1.807) is 35.6 Å². The molecule has 3 heterocycles. The van der Waals surface area contributed by atoms with E-state index in [4.69, 9.17) is 4.74 Å². The molecule has 21 heavy (non-hydrogen) atoms. The third-order valence-corrected chi connectivity index (χ3v) is 3.23. The summed E-state index contributed by atoms with van der Waals surface area (Å²) in [7, 11) is 0. The van der Waals surface area contributed by atoms with E-state index in [1.807, 2.05) is 6.92 Å². The highest BCUT2D eigenvalue weighted by molar-refractivity contribution is 5.90. The smallest absolute Gasteiger partial charge is 0.291 e. The van der Waals surface area contributed by atoms with Crippen LogP contribution in [0.15, 0.2) is 30.7 Å². The Morgan fingerprint density at radius 3 is 2.86 bits per heavy atom. The SMILES string of the molecule is Cc1nccc(O[C@H]2CCN(C(=O)c3ncccn3)C2)n1. The van der Waals surface area contributed by atoms with E-state index in [2.05, 4.69) is 19.9 Å². The van der Waals surface area contributed by atoms with E-state index in [0.717, 1.165) is 6.42 Å². The van der Waals surface area contributed by atoms with E-state index in [1.165, 1.54) is 0 Å². The molecule has 1 aliphatic rings. The zero-order chi connectivity index (χ0) is 14.7. The van der Waals surface area contributed by atoms with Crippen molar-refractivity contribution in [1.29, 1.82) is 0 Å². The first-order valence-corrected chi connectivity index (χ1v) is 6.75. The summed E-state index contributed by atoms with van der Waals surface area (Å²) in [6.07, 6.45) is 5.49. The minimum Gasteiger partial charge on any atom is -0.472 e. The second kappa shape index (κ2) is 5.82. The zero-order valence-corrected chi connectivity index (χ0v) is 11.6. The quantitative estimate of drug-likeness (QED) is 0.832. The number of amides is 1. The summed E-state index contributed by atoms with van der Waals surface area (Å²) in [5.41, 5.74) is 0. The van der Waals surface area contributed by atoms with Crippen molar-refractivity contribution in [2.45, 2.75) is 19.4 Å². The van der Waals surface area contributed by atoms with Crippen molar-refractivity contribution in [1.82, 2.24) is 24.8 Å². The molecule has 7 nitrogen and oxygen atoms in total. The monoisotopic (exact) mass is 285 g/mol. The van der Waals surface area contributed by atoms with Gasteiger partial charge in [0.2, 0.25) is 11.7 Å². The molecule has 2 aromatic rings. The first-order valence-electron chi connectivity index (χ1n) is 6.75. The van der Waals surface area contributed by atoms with Crippen LogP contribution in [0, 0.1) is 6.92 Å². The molecule has 0 aliphatic carbocycles. The van der Waals surface area contributed by atoms with Crippen molar-refractivity contribution in [3.8, 4) is 5.88 Å². The molecule has 0 N–H and O–H groups in total. The Bertz CT molecular complexity index is 634. The van der Waals surface area contributed by atoms with Gasteiger partial charge in [-0.1, -0.05) is 0 Å². The van der Waals surface area contributed by atoms with Gasteiger partial charge < -0.3 is 9.64 Å². The Hall–Kier alpha value is -2.57. The second-order valence-electron chi connectivity index (χ2n) is 4.79. The summed E-state index contributed by atoms with van der Waals surface area (Å²) in [5, 5.41) is 0. The number of rotatable bonds is 3. The predicted molar refractivity (Wildman–Crippen MR) is 73.7 cm³/mol. The zero-order valence-electron chi connectivity index (χ0n) is 11.6. The van der Waals surface area contributed by atoms with Crippen LogP contribution >= 0.6 is 0 Å². The molecule has 0 bridgehead atoms. The molecule has 1 saturated heterocycles. The fraction of sp³-hybridized carbons (Fsp3) is 0.357. The van der Waals surface area contributed by atoms with Gasteiger partial charge in [0, 0.05) is 37.6 Å².